The van der Waals surface area contributed by atoms with Crippen molar-refractivity contribution in [1.29, 1.82) is 0 Å². The molecule has 1 saturated carbocycles. The lowest BCUT2D eigenvalue weighted by molar-refractivity contribution is -0.143. The van der Waals surface area contributed by atoms with Gasteiger partial charge >= 0.3 is 0 Å². The topological polar surface area (TPSA) is 81.1 Å². The Balaban J connectivity index is 1.04. The van der Waals surface area contributed by atoms with E-state index in [0.29, 0.717) is 36.3 Å². The number of nitrogens with one attached hydrogen (secondary N) is 2. The van der Waals surface area contributed by atoms with Gasteiger partial charge in [0.15, 0.2) is 5.60 Å². The van der Waals surface area contributed by atoms with Gasteiger partial charge in [0.05, 0.1) is 6.20 Å². The number of carbonyl (C=O) groups is 1. The highest BCUT2D eigenvalue weighted by Crippen LogP contribution is 2.39. The number of hydroxylamine groups is 1. The number of carbonyl (C=O) groups excluding carboxylic acids is 1. The van der Waals surface area contributed by atoms with Gasteiger partial charge in [-0.05, 0) is 61.8 Å². The number of unbranched alkanes of at least 4 members (excludes halogenated alkanes) is 1. The second-order valence-electron chi connectivity index (χ2n) is 12.3. The van der Waals surface area contributed by atoms with Crippen molar-refractivity contribution in [2.45, 2.75) is 69.7 Å². The Morgan fingerprint density at radius 1 is 0.891 bits per heavy atom. The SMILES string of the molecule is CC1(NCc2ccc(-c3cn(CCCCC(=O)NOC(c4ccccc4)(c4ccccc4)c4ccccc4)nn3)cc2F)CCC1. The molecule has 0 unspecified atom stereocenters. The van der Waals surface area contributed by atoms with Crippen LogP contribution < -0.4 is 10.8 Å². The fourth-order valence-electron chi connectivity index (χ4n) is 6.02. The van der Waals surface area contributed by atoms with Crippen molar-refractivity contribution < 1.29 is 14.0 Å². The lowest BCUT2D eigenvalue weighted by Gasteiger charge is -2.39. The molecule has 0 bridgehead atoms. The lowest BCUT2D eigenvalue weighted by atomic mass is 9.78. The smallest absolute Gasteiger partial charge is 0.243 e. The molecule has 0 spiro atoms. The molecule has 1 fully saturated rings. The third-order valence-corrected chi connectivity index (χ3v) is 8.95. The number of halogens is 1. The predicted octanol–water partition coefficient (Wildman–Crippen LogP) is 7.33. The van der Waals surface area contributed by atoms with Crippen LogP contribution in [0, 0.1) is 5.82 Å². The molecule has 236 valence electrons. The summed E-state index contributed by atoms with van der Waals surface area (Å²) < 4.78 is 16.6. The summed E-state index contributed by atoms with van der Waals surface area (Å²) in [4.78, 5) is 19.5. The van der Waals surface area contributed by atoms with Gasteiger partial charge in [-0.3, -0.25) is 14.3 Å². The maximum absolute atomic E-state index is 14.8. The van der Waals surface area contributed by atoms with Crippen LogP contribution in [-0.4, -0.2) is 26.4 Å². The van der Waals surface area contributed by atoms with Gasteiger partial charge in [-0.2, -0.15) is 0 Å². The summed E-state index contributed by atoms with van der Waals surface area (Å²) in [5, 5.41) is 12.0. The Labute approximate surface area is 269 Å². The van der Waals surface area contributed by atoms with E-state index < -0.39 is 5.60 Å². The quantitative estimate of drug-likeness (QED) is 0.0775. The highest BCUT2D eigenvalue weighted by molar-refractivity contribution is 5.74. The number of aryl methyl sites for hydroxylation is 1. The van der Waals surface area contributed by atoms with E-state index in [1.807, 2.05) is 109 Å². The van der Waals surface area contributed by atoms with Crippen LogP contribution in [0.15, 0.2) is 115 Å². The van der Waals surface area contributed by atoms with Crippen LogP contribution in [0.1, 0.15) is 67.7 Å². The van der Waals surface area contributed by atoms with E-state index in [4.69, 9.17) is 4.84 Å². The summed E-state index contributed by atoms with van der Waals surface area (Å²) >= 11 is 0. The third kappa shape index (κ3) is 7.09. The molecule has 7 nitrogen and oxygen atoms in total. The van der Waals surface area contributed by atoms with Crippen molar-refractivity contribution in [3.8, 4) is 11.3 Å². The van der Waals surface area contributed by atoms with Gasteiger partial charge in [0.1, 0.15) is 11.5 Å². The summed E-state index contributed by atoms with van der Waals surface area (Å²) in [6.45, 7) is 3.29. The summed E-state index contributed by atoms with van der Waals surface area (Å²) in [7, 11) is 0. The molecule has 5 aromatic rings. The molecule has 0 saturated heterocycles. The van der Waals surface area contributed by atoms with E-state index in [1.54, 1.807) is 4.68 Å². The van der Waals surface area contributed by atoms with Gasteiger partial charge in [-0.25, -0.2) is 9.87 Å². The lowest BCUT2D eigenvalue weighted by Crippen LogP contribution is -2.47. The Kier molecular flexibility index (Phi) is 9.66. The maximum atomic E-state index is 14.8. The van der Waals surface area contributed by atoms with Gasteiger partial charge in [-0.15, -0.1) is 5.10 Å². The summed E-state index contributed by atoms with van der Waals surface area (Å²) in [6.07, 6.45) is 6.94. The molecule has 1 aliphatic rings. The second-order valence-corrected chi connectivity index (χ2v) is 12.3. The van der Waals surface area contributed by atoms with Gasteiger partial charge < -0.3 is 5.32 Å². The van der Waals surface area contributed by atoms with Gasteiger partial charge in [0.2, 0.25) is 5.91 Å². The minimum Gasteiger partial charge on any atom is -0.307 e. The summed E-state index contributed by atoms with van der Waals surface area (Å²) in [5.74, 6) is -0.450. The van der Waals surface area contributed by atoms with E-state index in [9.17, 15) is 9.18 Å². The van der Waals surface area contributed by atoms with Crippen LogP contribution in [0.5, 0.6) is 0 Å². The van der Waals surface area contributed by atoms with Crippen LogP contribution in [-0.2, 0) is 28.3 Å². The molecule has 8 heteroatoms. The number of aromatic nitrogens is 3. The molecule has 2 N–H and O–H groups in total. The Bertz CT molecular complexity index is 1630. The minimum atomic E-state index is -1.03. The molecule has 1 aromatic heterocycles. The first-order valence-corrected chi connectivity index (χ1v) is 16.0. The zero-order valence-corrected chi connectivity index (χ0v) is 26.2. The standard InChI is InChI=1S/C38H40FN5O2/c1-37(23-13-24-37)40-27-30-22-21-29(26-34(30)39)35-28-44(43-41-35)25-12-11-20-36(45)42-46-38(31-14-5-2-6-15-31,32-16-7-3-8-17-32)33-18-9-4-10-19-33/h2-10,14-19,21-22,26,28,40H,11-13,20,23-25,27H2,1H3,(H,42,45). The molecular formula is C38H40FN5O2. The molecule has 1 heterocycles. The molecule has 1 amide bonds. The van der Waals surface area contributed by atoms with Gasteiger partial charge in [-0.1, -0.05) is 108 Å². The third-order valence-electron chi connectivity index (χ3n) is 8.95. The number of rotatable bonds is 14. The largest absolute Gasteiger partial charge is 0.307 e. The van der Waals surface area contributed by atoms with Crippen molar-refractivity contribution >= 4 is 5.91 Å². The molecule has 0 aliphatic heterocycles. The van der Waals surface area contributed by atoms with Crippen molar-refractivity contribution in [2.75, 3.05) is 0 Å². The Hall–Kier alpha value is -4.66. The van der Waals surface area contributed by atoms with E-state index >= 15 is 0 Å². The fraction of sp³-hybridized carbons (Fsp3) is 0.289. The molecule has 4 aromatic carbocycles. The molecule has 0 radical (unpaired) electrons. The van der Waals surface area contributed by atoms with Crippen LogP contribution >= 0.6 is 0 Å². The van der Waals surface area contributed by atoms with Crippen molar-refractivity contribution in [1.82, 2.24) is 25.8 Å². The highest BCUT2D eigenvalue weighted by atomic mass is 19.1. The van der Waals surface area contributed by atoms with Crippen LogP contribution in [0.3, 0.4) is 0 Å². The molecule has 6 rings (SSSR count). The van der Waals surface area contributed by atoms with Gasteiger partial charge in [0, 0.05) is 36.2 Å². The fourth-order valence-corrected chi connectivity index (χ4v) is 6.02. The Morgan fingerprint density at radius 2 is 1.50 bits per heavy atom. The van der Waals surface area contributed by atoms with E-state index in [-0.39, 0.29) is 23.7 Å². The number of benzene rings is 4. The van der Waals surface area contributed by atoms with Gasteiger partial charge in [0.25, 0.3) is 0 Å². The molecule has 0 atom stereocenters. The number of nitrogens with zero attached hydrogens (tertiary/aromatic N) is 3. The maximum Gasteiger partial charge on any atom is 0.243 e. The van der Waals surface area contributed by atoms with E-state index in [1.165, 1.54) is 12.5 Å². The van der Waals surface area contributed by atoms with E-state index in [2.05, 4.69) is 28.0 Å². The number of hydrogen-bond acceptors (Lipinski definition) is 5. The normalized spacial score (nSPS) is 14.0. The first kappa shape index (κ1) is 31.3. The molecular weight excluding hydrogens is 577 g/mol. The van der Waals surface area contributed by atoms with Crippen LogP contribution in [0.25, 0.3) is 11.3 Å². The molecule has 1 aliphatic carbocycles. The summed E-state index contributed by atoms with van der Waals surface area (Å²) in [6, 6.07) is 35.0. The molecule has 46 heavy (non-hydrogen) atoms. The highest BCUT2D eigenvalue weighted by Gasteiger charge is 2.39. The summed E-state index contributed by atoms with van der Waals surface area (Å²) in [5.41, 5.74) is 6.54. The zero-order valence-electron chi connectivity index (χ0n) is 26.2. The predicted molar refractivity (Wildman–Crippen MR) is 177 cm³/mol. The first-order valence-electron chi connectivity index (χ1n) is 16.0. The number of hydrogen-bond donors (Lipinski definition) is 2. The van der Waals surface area contributed by atoms with Crippen molar-refractivity contribution in [3.63, 3.8) is 0 Å². The Morgan fingerprint density at radius 3 is 2.04 bits per heavy atom. The monoisotopic (exact) mass is 617 g/mol. The van der Waals surface area contributed by atoms with Crippen molar-refractivity contribution in [2.24, 2.45) is 0 Å². The second kappa shape index (κ2) is 14.2. The first-order chi connectivity index (χ1) is 22.5. The average Bonchev–Trinajstić information content (AvgIpc) is 3.56. The van der Waals surface area contributed by atoms with Crippen molar-refractivity contribution in [3.05, 3.63) is 143 Å². The number of amides is 1. The average molecular weight is 618 g/mol. The van der Waals surface area contributed by atoms with Crippen LogP contribution in [0.2, 0.25) is 0 Å². The van der Waals surface area contributed by atoms with Crippen LogP contribution in [0.4, 0.5) is 4.39 Å². The minimum absolute atomic E-state index is 0.124. The zero-order chi connectivity index (χ0) is 31.8. The van der Waals surface area contributed by atoms with E-state index in [0.717, 1.165) is 36.0 Å².